The summed E-state index contributed by atoms with van der Waals surface area (Å²) in [6.07, 6.45) is 2.28. The third kappa shape index (κ3) is 4.16. The molecule has 0 spiro atoms. The lowest BCUT2D eigenvalue weighted by Crippen LogP contribution is -2.52. The van der Waals surface area contributed by atoms with Gasteiger partial charge in [0.2, 0.25) is 0 Å². The van der Waals surface area contributed by atoms with Gasteiger partial charge in [0.25, 0.3) is 5.91 Å². The number of ether oxygens (including phenoxy) is 1. The lowest BCUT2D eigenvalue weighted by molar-refractivity contribution is 0.0767. The number of aliphatic hydroxyl groups is 1. The number of carbonyl (C=O) groups is 1. The lowest BCUT2D eigenvalue weighted by Gasteiger charge is -2.29. The van der Waals surface area contributed by atoms with E-state index in [1.165, 1.54) is 0 Å². The molecule has 0 bridgehead atoms. The molecule has 166 valence electrons. The quantitative estimate of drug-likeness (QED) is 0.447. The molecule has 8 heteroatoms. The van der Waals surface area contributed by atoms with Crippen LogP contribution in [0.2, 0.25) is 0 Å². The summed E-state index contributed by atoms with van der Waals surface area (Å²) in [5.41, 5.74) is 3.42. The third-order valence-corrected chi connectivity index (χ3v) is 5.62. The maximum atomic E-state index is 13.0. The molecule has 0 saturated carbocycles. The van der Waals surface area contributed by atoms with E-state index < -0.39 is 18.2 Å². The van der Waals surface area contributed by atoms with Crippen molar-refractivity contribution in [3.8, 4) is 5.75 Å². The molecule has 0 saturated heterocycles. The second-order valence-electron chi connectivity index (χ2n) is 7.82. The van der Waals surface area contributed by atoms with Crippen molar-refractivity contribution in [2.24, 2.45) is 0 Å². The average Bonchev–Trinajstić information content (AvgIpc) is 2.97. The fraction of sp³-hybridized carbons (Fsp3) is 0.160. The van der Waals surface area contributed by atoms with E-state index in [1.54, 1.807) is 36.5 Å². The van der Waals surface area contributed by atoms with Gasteiger partial charge in [-0.05, 0) is 48.5 Å². The zero-order valence-electron chi connectivity index (χ0n) is 18.0. The molecule has 1 unspecified atom stereocenters. The number of aromatic nitrogens is 2. The van der Waals surface area contributed by atoms with Crippen molar-refractivity contribution in [1.29, 1.82) is 0 Å². The van der Waals surface area contributed by atoms with Gasteiger partial charge >= 0.3 is 0 Å². The highest BCUT2D eigenvalue weighted by atomic mass is 16.5. The molecule has 2 aromatic carbocycles. The molecule has 2 atom stereocenters. The monoisotopic (exact) mass is 441 g/mol. The molecule has 1 aliphatic rings. The molecule has 8 nitrogen and oxygen atoms in total. The van der Waals surface area contributed by atoms with E-state index in [1.807, 2.05) is 54.6 Å². The molecule has 5 rings (SSSR count). The van der Waals surface area contributed by atoms with Crippen LogP contribution in [0.5, 0.6) is 5.75 Å². The zero-order valence-corrected chi connectivity index (χ0v) is 18.0. The van der Waals surface area contributed by atoms with Crippen molar-refractivity contribution in [3.05, 3.63) is 84.8 Å². The summed E-state index contributed by atoms with van der Waals surface area (Å²) in [6.45, 7) is 0.109. The lowest BCUT2D eigenvalue weighted by atomic mass is 10.1. The van der Waals surface area contributed by atoms with Crippen LogP contribution in [0, 0.1) is 0 Å². The minimum absolute atomic E-state index is 0.109. The molecule has 0 aliphatic carbocycles. The molecule has 2 aromatic heterocycles. The Balaban J connectivity index is 1.35. The number of amides is 1. The van der Waals surface area contributed by atoms with Crippen molar-refractivity contribution < 1.29 is 14.6 Å². The van der Waals surface area contributed by atoms with E-state index >= 15 is 0 Å². The molecule has 33 heavy (non-hydrogen) atoms. The van der Waals surface area contributed by atoms with Gasteiger partial charge < -0.3 is 25.4 Å². The number of pyridine rings is 2. The maximum absolute atomic E-state index is 13.0. The van der Waals surface area contributed by atoms with Crippen molar-refractivity contribution in [2.45, 2.75) is 12.3 Å². The van der Waals surface area contributed by atoms with Crippen LogP contribution in [0.15, 0.2) is 79.1 Å². The van der Waals surface area contributed by atoms with E-state index in [-0.39, 0.29) is 12.3 Å². The third-order valence-electron chi connectivity index (χ3n) is 5.62. The Hall–Kier alpha value is -4.17. The largest absolute Gasteiger partial charge is 0.489 e. The molecular weight excluding hydrogens is 418 g/mol. The Morgan fingerprint density at radius 2 is 1.88 bits per heavy atom. The normalized spacial score (nSPS) is 17.6. The number of likely N-dealkylation sites (N-methyl/N-ethyl adjacent to an activating group) is 1. The number of aliphatic hydroxyl groups excluding tert-OH is 1. The number of fused-ring (bicyclic) bond motifs is 3. The summed E-state index contributed by atoms with van der Waals surface area (Å²) in [7, 11) is 1.77. The summed E-state index contributed by atoms with van der Waals surface area (Å²) in [5, 5.41) is 18.0. The number of carbonyl (C=O) groups excluding carboxylic acids is 1. The number of anilines is 3. The van der Waals surface area contributed by atoms with Crippen LogP contribution in [-0.2, 0) is 0 Å². The van der Waals surface area contributed by atoms with Gasteiger partial charge in [0, 0.05) is 36.2 Å². The van der Waals surface area contributed by atoms with Crippen molar-refractivity contribution in [1.82, 2.24) is 15.3 Å². The van der Waals surface area contributed by atoms with Gasteiger partial charge in [0.15, 0.2) is 6.23 Å². The van der Waals surface area contributed by atoms with Gasteiger partial charge in [0.05, 0.1) is 11.2 Å². The molecule has 1 aliphatic heterocycles. The highest BCUT2D eigenvalue weighted by molar-refractivity contribution is 5.96. The predicted molar refractivity (Wildman–Crippen MR) is 127 cm³/mol. The first-order chi connectivity index (χ1) is 16.1. The van der Waals surface area contributed by atoms with E-state index in [0.29, 0.717) is 5.75 Å². The molecule has 4 aromatic rings. The highest BCUT2D eigenvalue weighted by Gasteiger charge is 2.32. The fourth-order valence-corrected chi connectivity index (χ4v) is 3.94. The number of nitrogens with one attached hydrogen (secondary N) is 2. The van der Waals surface area contributed by atoms with Gasteiger partial charge in [-0.25, -0.2) is 0 Å². The van der Waals surface area contributed by atoms with Crippen LogP contribution < -0.4 is 20.3 Å². The van der Waals surface area contributed by atoms with Gasteiger partial charge in [0.1, 0.15) is 24.1 Å². The van der Waals surface area contributed by atoms with Crippen LogP contribution in [0.4, 0.5) is 17.1 Å². The summed E-state index contributed by atoms with van der Waals surface area (Å²) in [6, 6.07) is 19.9. The minimum atomic E-state index is -1.01. The summed E-state index contributed by atoms with van der Waals surface area (Å²) in [5.74, 6) is 0.228. The van der Waals surface area contributed by atoms with E-state index in [0.717, 1.165) is 28.0 Å². The molecule has 3 heterocycles. The van der Waals surface area contributed by atoms with Crippen LogP contribution in [0.1, 0.15) is 10.5 Å². The number of benzene rings is 2. The van der Waals surface area contributed by atoms with Gasteiger partial charge in [-0.2, -0.15) is 0 Å². The minimum Gasteiger partial charge on any atom is -0.489 e. The van der Waals surface area contributed by atoms with Gasteiger partial charge in [-0.1, -0.05) is 18.2 Å². The summed E-state index contributed by atoms with van der Waals surface area (Å²) < 4.78 is 5.97. The zero-order chi connectivity index (χ0) is 22.8. The number of para-hydroxylation sites is 1. The Morgan fingerprint density at radius 1 is 1.03 bits per heavy atom. The Morgan fingerprint density at radius 3 is 2.73 bits per heavy atom. The smallest absolute Gasteiger partial charge is 0.270 e. The van der Waals surface area contributed by atoms with E-state index in [2.05, 4.69) is 20.6 Å². The second-order valence-corrected chi connectivity index (χ2v) is 7.82. The van der Waals surface area contributed by atoms with Crippen molar-refractivity contribution in [2.75, 3.05) is 23.9 Å². The second kappa shape index (κ2) is 8.76. The number of hydrogen-bond donors (Lipinski definition) is 3. The van der Waals surface area contributed by atoms with Crippen molar-refractivity contribution in [3.63, 3.8) is 0 Å². The molecule has 1 amide bonds. The summed E-state index contributed by atoms with van der Waals surface area (Å²) >= 11 is 0. The van der Waals surface area contributed by atoms with Gasteiger partial charge in [-0.15, -0.1) is 0 Å². The summed E-state index contributed by atoms with van der Waals surface area (Å²) in [4.78, 5) is 23.3. The Labute approximate surface area is 190 Å². The SMILES string of the molecule is CN1c2c(ccc3ncccc23)OC[C@H](NC(=O)c2cc(Nc3ccccc3)ccn2)C1O. The molecule has 3 N–H and O–H groups in total. The topological polar surface area (TPSA) is 99.6 Å². The van der Waals surface area contributed by atoms with E-state index in [9.17, 15) is 9.90 Å². The van der Waals surface area contributed by atoms with Crippen LogP contribution in [0.3, 0.4) is 0 Å². The van der Waals surface area contributed by atoms with Crippen LogP contribution in [-0.4, -0.2) is 46.9 Å². The Kier molecular flexibility index (Phi) is 5.50. The molecular formula is C25H23N5O3. The highest BCUT2D eigenvalue weighted by Crippen LogP contribution is 2.38. The number of rotatable bonds is 4. The standard InChI is InChI=1S/C25H23N5O3/c1-30-23-18-8-5-12-26-19(18)9-10-22(23)33-15-21(25(30)32)29-24(31)20-14-17(11-13-27-20)28-16-6-3-2-4-7-16/h2-14,21,25,32H,15H2,1H3,(H,27,28)(H,29,31)/t21-,25?/m0/s1. The fourth-order valence-electron chi connectivity index (χ4n) is 3.94. The van der Waals surface area contributed by atoms with Crippen molar-refractivity contribution >= 4 is 33.9 Å². The maximum Gasteiger partial charge on any atom is 0.270 e. The molecule has 0 fully saturated rings. The van der Waals surface area contributed by atoms with Crippen LogP contribution in [0.25, 0.3) is 10.9 Å². The first-order valence-corrected chi connectivity index (χ1v) is 10.6. The molecule has 0 radical (unpaired) electrons. The number of hydrogen-bond acceptors (Lipinski definition) is 7. The van der Waals surface area contributed by atoms with Gasteiger partial charge in [-0.3, -0.25) is 14.8 Å². The number of nitrogens with zero attached hydrogens (tertiary/aromatic N) is 3. The average molecular weight is 441 g/mol. The first kappa shape index (κ1) is 20.7. The Bertz CT molecular complexity index is 1300. The van der Waals surface area contributed by atoms with E-state index in [4.69, 9.17) is 4.74 Å². The first-order valence-electron chi connectivity index (χ1n) is 10.6. The predicted octanol–water partition coefficient (Wildman–Crippen LogP) is 3.32. The van der Waals surface area contributed by atoms with Crippen LogP contribution >= 0.6 is 0 Å².